The minimum Gasteiger partial charge on any atom is -0.496 e. The van der Waals surface area contributed by atoms with Crippen molar-refractivity contribution in [1.82, 2.24) is 0 Å². The maximum Gasteiger partial charge on any atom is 0.255 e. The summed E-state index contributed by atoms with van der Waals surface area (Å²) in [6, 6.07) is 9.90. The standard InChI is InChI=1S/C20H25NO2/c1-12(2)16-11-17(14(4)10-19(16)23-6)20(22)21-18-8-7-13(3)9-15(18)5/h7-12H,1-6H3,(H,21,22). The van der Waals surface area contributed by atoms with Crippen LogP contribution in [0.25, 0.3) is 0 Å². The summed E-state index contributed by atoms with van der Waals surface area (Å²) in [4.78, 5) is 12.7. The number of rotatable bonds is 4. The maximum absolute atomic E-state index is 12.7. The topological polar surface area (TPSA) is 38.3 Å². The van der Waals surface area contributed by atoms with Crippen LogP contribution in [0.5, 0.6) is 5.75 Å². The summed E-state index contributed by atoms with van der Waals surface area (Å²) in [6.07, 6.45) is 0. The Hall–Kier alpha value is -2.29. The Morgan fingerprint density at radius 3 is 2.30 bits per heavy atom. The van der Waals surface area contributed by atoms with Gasteiger partial charge in [-0.25, -0.2) is 0 Å². The molecule has 0 saturated heterocycles. The largest absolute Gasteiger partial charge is 0.496 e. The fourth-order valence-electron chi connectivity index (χ4n) is 2.71. The number of carbonyl (C=O) groups excluding carboxylic acids is 1. The molecular weight excluding hydrogens is 286 g/mol. The van der Waals surface area contributed by atoms with E-state index in [9.17, 15) is 4.79 Å². The molecule has 3 nitrogen and oxygen atoms in total. The second kappa shape index (κ2) is 6.86. The minimum absolute atomic E-state index is 0.0843. The molecule has 0 aromatic heterocycles. The molecule has 3 heteroatoms. The van der Waals surface area contributed by atoms with Gasteiger partial charge in [-0.2, -0.15) is 0 Å². The van der Waals surface area contributed by atoms with Crippen LogP contribution in [0.4, 0.5) is 5.69 Å². The highest BCUT2D eigenvalue weighted by molar-refractivity contribution is 6.06. The van der Waals surface area contributed by atoms with Crippen LogP contribution in [0, 0.1) is 20.8 Å². The van der Waals surface area contributed by atoms with Gasteiger partial charge < -0.3 is 10.1 Å². The molecule has 0 saturated carbocycles. The minimum atomic E-state index is -0.0843. The number of hydrogen-bond acceptors (Lipinski definition) is 2. The lowest BCUT2D eigenvalue weighted by Gasteiger charge is -2.16. The van der Waals surface area contributed by atoms with Gasteiger partial charge in [-0.05, 0) is 61.6 Å². The molecule has 0 radical (unpaired) electrons. The van der Waals surface area contributed by atoms with Crippen molar-refractivity contribution in [2.24, 2.45) is 0 Å². The molecule has 0 heterocycles. The molecule has 0 aliphatic rings. The molecule has 2 aromatic rings. The molecule has 0 spiro atoms. The molecule has 0 aliphatic heterocycles. The molecular formula is C20H25NO2. The highest BCUT2D eigenvalue weighted by Crippen LogP contribution is 2.30. The first-order valence-electron chi connectivity index (χ1n) is 7.90. The van der Waals surface area contributed by atoms with Gasteiger partial charge in [0.2, 0.25) is 0 Å². The third kappa shape index (κ3) is 3.73. The van der Waals surface area contributed by atoms with Gasteiger partial charge in [0, 0.05) is 11.3 Å². The van der Waals surface area contributed by atoms with E-state index in [2.05, 4.69) is 25.2 Å². The highest BCUT2D eigenvalue weighted by atomic mass is 16.5. The van der Waals surface area contributed by atoms with Crippen molar-refractivity contribution in [3.05, 3.63) is 58.1 Å². The van der Waals surface area contributed by atoms with Crippen LogP contribution < -0.4 is 10.1 Å². The van der Waals surface area contributed by atoms with Crippen molar-refractivity contribution >= 4 is 11.6 Å². The monoisotopic (exact) mass is 311 g/mol. The van der Waals surface area contributed by atoms with Crippen LogP contribution in [0.2, 0.25) is 0 Å². The normalized spacial score (nSPS) is 10.7. The van der Waals surface area contributed by atoms with E-state index in [1.807, 2.05) is 45.0 Å². The first-order valence-corrected chi connectivity index (χ1v) is 7.90. The zero-order valence-electron chi connectivity index (χ0n) is 14.8. The van der Waals surface area contributed by atoms with Gasteiger partial charge in [0.05, 0.1) is 7.11 Å². The van der Waals surface area contributed by atoms with Crippen LogP contribution in [0.15, 0.2) is 30.3 Å². The van der Waals surface area contributed by atoms with Crippen LogP contribution >= 0.6 is 0 Å². The summed E-state index contributed by atoms with van der Waals surface area (Å²) in [6.45, 7) is 10.2. The Morgan fingerprint density at radius 1 is 1.04 bits per heavy atom. The zero-order valence-corrected chi connectivity index (χ0v) is 14.8. The van der Waals surface area contributed by atoms with Gasteiger partial charge >= 0.3 is 0 Å². The van der Waals surface area contributed by atoms with E-state index in [1.165, 1.54) is 5.56 Å². The smallest absolute Gasteiger partial charge is 0.255 e. The summed E-state index contributed by atoms with van der Waals surface area (Å²) in [7, 11) is 1.66. The molecule has 0 aliphatic carbocycles. The van der Waals surface area contributed by atoms with E-state index in [0.717, 1.165) is 28.1 Å². The number of carbonyl (C=O) groups is 1. The second-order valence-electron chi connectivity index (χ2n) is 6.34. The third-order valence-electron chi connectivity index (χ3n) is 4.07. The van der Waals surface area contributed by atoms with Crippen LogP contribution in [-0.4, -0.2) is 13.0 Å². The lowest BCUT2D eigenvalue weighted by Crippen LogP contribution is -2.15. The molecule has 2 rings (SSSR count). The summed E-state index contributed by atoms with van der Waals surface area (Å²) >= 11 is 0. The number of anilines is 1. The summed E-state index contributed by atoms with van der Waals surface area (Å²) in [5, 5.41) is 3.02. The van der Waals surface area contributed by atoms with Gasteiger partial charge in [0.1, 0.15) is 5.75 Å². The molecule has 0 atom stereocenters. The van der Waals surface area contributed by atoms with E-state index in [-0.39, 0.29) is 5.91 Å². The molecule has 122 valence electrons. The average molecular weight is 311 g/mol. The van der Waals surface area contributed by atoms with E-state index in [4.69, 9.17) is 4.74 Å². The van der Waals surface area contributed by atoms with Crippen molar-refractivity contribution in [1.29, 1.82) is 0 Å². The van der Waals surface area contributed by atoms with Gasteiger partial charge in [-0.1, -0.05) is 31.5 Å². The van der Waals surface area contributed by atoms with Crippen molar-refractivity contribution in [2.75, 3.05) is 12.4 Å². The van der Waals surface area contributed by atoms with Crippen LogP contribution in [-0.2, 0) is 0 Å². The van der Waals surface area contributed by atoms with E-state index >= 15 is 0 Å². The van der Waals surface area contributed by atoms with Crippen molar-refractivity contribution in [2.45, 2.75) is 40.5 Å². The molecule has 23 heavy (non-hydrogen) atoms. The van der Waals surface area contributed by atoms with Crippen molar-refractivity contribution in [3.63, 3.8) is 0 Å². The Morgan fingerprint density at radius 2 is 1.74 bits per heavy atom. The van der Waals surface area contributed by atoms with Crippen LogP contribution in [0.1, 0.15) is 52.4 Å². The van der Waals surface area contributed by atoms with Gasteiger partial charge in [0.25, 0.3) is 5.91 Å². The molecule has 1 amide bonds. The molecule has 0 bridgehead atoms. The lowest BCUT2D eigenvalue weighted by molar-refractivity contribution is 0.102. The number of hydrogen-bond donors (Lipinski definition) is 1. The van der Waals surface area contributed by atoms with Crippen LogP contribution in [0.3, 0.4) is 0 Å². The van der Waals surface area contributed by atoms with Crippen molar-refractivity contribution < 1.29 is 9.53 Å². The van der Waals surface area contributed by atoms with Gasteiger partial charge in [-0.15, -0.1) is 0 Å². The SMILES string of the molecule is COc1cc(C)c(C(=O)Nc2ccc(C)cc2C)cc1C(C)C. The molecule has 0 unspecified atom stereocenters. The Kier molecular flexibility index (Phi) is 5.09. The van der Waals surface area contributed by atoms with Gasteiger partial charge in [-0.3, -0.25) is 4.79 Å². The number of amides is 1. The first kappa shape index (κ1) is 17.1. The number of aryl methyl sites for hydroxylation is 3. The van der Waals surface area contributed by atoms with E-state index < -0.39 is 0 Å². The lowest BCUT2D eigenvalue weighted by atomic mass is 9.96. The average Bonchev–Trinajstić information content (AvgIpc) is 2.49. The Labute approximate surface area is 138 Å². The Balaban J connectivity index is 2.37. The third-order valence-corrected chi connectivity index (χ3v) is 4.07. The zero-order chi connectivity index (χ0) is 17.1. The summed E-state index contributed by atoms with van der Waals surface area (Å²) in [5.41, 5.74) is 5.74. The molecule has 0 fully saturated rings. The number of nitrogens with one attached hydrogen (secondary N) is 1. The predicted molar refractivity (Wildman–Crippen MR) is 95.7 cm³/mol. The highest BCUT2D eigenvalue weighted by Gasteiger charge is 2.16. The number of ether oxygens (including phenoxy) is 1. The molecule has 2 aromatic carbocycles. The summed E-state index contributed by atoms with van der Waals surface area (Å²) in [5.74, 6) is 1.04. The first-order chi connectivity index (χ1) is 10.8. The second-order valence-corrected chi connectivity index (χ2v) is 6.34. The fourth-order valence-corrected chi connectivity index (χ4v) is 2.71. The predicted octanol–water partition coefficient (Wildman–Crippen LogP) is 5.00. The van der Waals surface area contributed by atoms with Gasteiger partial charge in [0.15, 0.2) is 0 Å². The van der Waals surface area contributed by atoms with Crippen molar-refractivity contribution in [3.8, 4) is 5.75 Å². The quantitative estimate of drug-likeness (QED) is 0.863. The molecule has 1 N–H and O–H groups in total. The number of methoxy groups -OCH3 is 1. The summed E-state index contributed by atoms with van der Waals surface area (Å²) < 4.78 is 5.44. The maximum atomic E-state index is 12.7. The van der Waals surface area contributed by atoms with E-state index in [1.54, 1.807) is 7.11 Å². The fraction of sp³-hybridized carbons (Fsp3) is 0.350. The number of benzene rings is 2. The van der Waals surface area contributed by atoms with E-state index in [0.29, 0.717) is 11.5 Å². The Bertz CT molecular complexity index is 733.